The van der Waals surface area contributed by atoms with Crippen LogP contribution in [0.5, 0.6) is 0 Å². The fraction of sp³-hybridized carbons (Fsp3) is 0.917. The standard InChI is InChI=1S/C12H25N3O/c1-12(13)7-5-4-6-10(12)11(16)15(3)9-8-14-2/h10,14H,4-9,13H2,1-3H3. The molecule has 0 bridgehead atoms. The van der Waals surface area contributed by atoms with E-state index in [-0.39, 0.29) is 17.4 Å². The van der Waals surface area contributed by atoms with Crippen LogP contribution in [0.1, 0.15) is 32.6 Å². The first-order valence-corrected chi connectivity index (χ1v) is 6.17. The van der Waals surface area contributed by atoms with Crippen LogP contribution in [0, 0.1) is 5.92 Å². The van der Waals surface area contributed by atoms with Crippen molar-refractivity contribution in [2.45, 2.75) is 38.1 Å². The molecular formula is C12H25N3O. The summed E-state index contributed by atoms with van der Waals surface area (Å²) in [5.41, 5.74) is 5.91. The summed E-state index contributed by atoms with van der Waals surface area (Å²) >= 11 is 0. The predicted octanol–water partition coefficient (Wildman–Crippen LogP) is 0.572. The lowest BCUT2D eigenvalue weighted by Gasteiger charge is -2.39. The van der Waals surface area contributed by atoms with Crippen molar-refractivity contribution in [3.63, 3.8) is 0 Å². The summed E-state index contributed by atoms with van der Waals surface area (Å²) in [4.78, 5) is 14.0. The molecule has 4 heteroatoms. The molecule has 4 nitrogen and oxygen atoms in total. The number of rotatable bonds is 4. The summed E-state index contributed by atoms with van der Waals surface area (Å²) in [5.74, 6) is 0.211. The van der Waals surface area contributed by atoms with Gasteiger partial charge in [0.15, 0.2) is 0 Å². The summed E-state index contributed by atoms with van der Waals surface area (Å²) in [6.07, 6.45) is 4.18. The number of nitrogens with one attached hydrogen (secondary N) is 1. The minimum Gasteiger partial charge on any atom is -0.344 e. The maximum Gasteiger partial charge on any atom is 0.227 e. The van der Waals surface area contributed by atoms with Crippen molar-refractivity contribution in [1.29, 1.82) is 0 Å². The second-order valence-electron chi connectivity index (χ2n) is 5.17. The third kappa shape index (κ3) is 3.19. The predicted molar refractivity (Wildman–Crippen MR) is 66.1 cm³/mol. The van der Waals surface area contributed by atoms with Crippen molar-refractivity contribution in [3.05, 3.63) is 0 Å². The number of nitrogens with two attached hydrogens (primary N) is 1. The van der Waals surface area contributed by atoms with Crippen molar-refractivity contribution < 1.29 is 4.79 Å². The topological polar surface area (TPSA) is 58.4 Å². The summed E-state index contributed by atoms with van der Waals surface area (Å²) in [6.45, 7) is 3.60. The Morgan fingerprint density at radius 1 is 1.56 bits per heavy atom. The van der Waals surface area contributed by atoms with Crippen LogP contribution in [0.15, 0.2) is 0 Å². The first-order valence-electron chi connectivity index (χ1n) is 6.17. The minimum absolute atomic E-state index is 0.00288. The molecule has 2 unspecified atom stereocenters. The minimum atomic E-state index is -0.316. The molecule has 2 atom stereocenters. The largest absolute Gasteiger partial charge is 0.344 e. The van der Waals surface area contributed by atoms with E-state index in [1.807, 2.05) is 21.0 Å². The number of amides is 1. The monoisotopic (exact) mass is 227 g/mol. The van der Waals surface area contributed by atoms with Gasteiger partial charge in [0, 0.05) is 25.7 Å². The maximum absolute atomic E-state index is 12.2. The number of nitrogens with zero attached hydrogens (tertiary/aromatic N) is 1. The van der Waals surface area contributed by atoms with Crippen LogP contribution >= 0.6 is 0 Å². The van der Waals surface area contributed by atoms with Gasteiger partial charge in [-0.1, -0.05) is 12.8 Å². The van der Waals surface area contributed by atoms with Gasteiger partial charge in [-0.15, -0.1) is 0 Å². The molecule has 1 aliphatic carbocycles. The van der Waals surface area contributed by atoms with Crippen molar-refractivity contribution in [1.82, 2.24) is 10.2 Å². The van der Waals surface area contributed by atoms with Crippen molar-refractivity contribution in [2.24, 2.45) is 11.7 Å². The van der Waals surface area contributed by atoms with Crippen LogP contribution in [0.3, 0.4) is 0 Å². The molecule has 1 fully saturated rings. The van der Waals surface area contributed by atoms with Gasteiger partial charge in [-0.2, -0.15) is 0 Å². The zero-order valence-corrected chi connectivity index (χ0v) is 10.8. The molecule has 1 saturated carbocycles. The number of hydrogen-bond donors (Lipinski definition) is 2. The van der Waals surface area contributed by atoms with Gasteiger partial charge >= 0.3 is 0 Å². The second-order valence-corrected chi connectivity index (χ2v) is 5.17. The lowest BCUT2D eigenvalue weighted by molar-refractivity contribution is -0.137. The number of likely N-dealkylation sites (N-methyl/N-ethyl adjacent to an activating group) is 2. The van der Waals surface area contributed by atoms with Gasteiger partial charge in [-0.25, -0.2) is 0 Å². The van der Waals surface area contributed by atoms with E-state index in [2.05, 4.69) is 5.32 Å². The molecule has 0 saturated heterocycles. The molecule has 1 aliphatic rings. The molecule has 1 rings (SSSR count). The Kier molecular flexibility index (Phi) is 4.74. The van der Waals surface area contributed by atoms with E-state index in [1.165, 1.54) is 0 Å². The van der Waals surface area contributed by atoms with E-state index in [9.17, 15) is 4.79 Å². The molecule has 0 spiro atoms. The lowest BCUT2D eigenvalue weighted by Crippen LogP contribution is -2.53. The number of carbonyl (C=O) groups is 1. The highest BCUT2D eigenvalue weighted by molar-refractivity contribution is 5.80. The molecule has 16 heavy (non-hydrogen) atoms. The van der Waals surface area contributed by atoms with Gasteiger partial charge < -0.3 is 16.0 Å². The van der Waals surface area contributed by atoms with E-state index in [4.69, 9.17) is 5.73 Å². The van der Waals surface area contributed by atoms with Gasteiger partial charge in [0.1, 0.15) is 0 Å². The molecule has 0 radical (unpaired) electrons. The molecule has 0 aliphatic heterocycles. The molecule has 0 aromatic rings. The Morgan fingerprint density at radius 3 is 2.81 bits per heavy atom. The van der Waals surface area contributed by atoms with E-state index in [1.54, 1.807) is 4.90 Å². The SMILES string of the molecule is CNCCN(C)C(=O)C1CCCCC1(C)N. The van der Waals surface area contributed by atoms with Gasteiger partial charge in [-0.05, 0) is 26.8 Å². The van der Waals surface area contributed by atoms with Crippen LogP contribution < -0.4 is 11.1 Å². The normalized spacial score (nSPS) is 30.1. The molecule has 0 aromatic heterocycles. The number of carbonyl (C=O) groups excluding carboxylic acids is 1. The Balaban J connectivity index is 2.57. The molecular weight excluding hydrogens is 202 g/mol. The van der Waals surface area contributed by atoms with Crippen molar-refractivity contribution in [2.75, 3.05) is 27.2 Å². The summed E-state index contributed by atoms with van der Waals surface area (Å²) in [6, 6.07) is 0. The first-order chi connectivity index (χ1) is 7.49. The second kappa shape index (κ2) is 5.64. The van der Waals surface area contributed by atoms with E-state index < -0.39 is 0 Å². The van der Waals surface area contributed by atoms with E-state index in [0.29, 0.717) is 0 Å². The quantitative estimate of drug-likeness (QED) is 0.738. The highest BCUT2D eigenvalue weighted by atomic mass is 16.2. The van der Waals surface area contributed by atoms with Gasteiger partial charge in [0.25, 0.3) is 0 Å². The Hall–Kier alpha value is -0.610. The molecule has 0 aromatic carbocycles. The third-order valence-electron chi connectivity index (χ3n) is 3.63. The average molecular weight is 227 g/mol. The van der Waals surface area contributed by atoms with Gasteiger partial charge in [-0.3, -0.25) is 4.79 Å². The fourth-order valence-electron chi connectivity index (χ4n) is 2.42. The Bertz CT molecular complexity index is 240. The zero-order valence-electron chi connectivity index (χ0n) is 10.8. The molecule has 3 N–H and O–H groups in total. The molecule has 94 valence electrons. The molecule has 0 heterocycles. The van der Waals surface area contributed by atoms with Crippen LogP contribution in [-0.4, -0.2) is 43.5 Å². The van der Waals surface area contributed by atoms with Crippen LogP contribution in [0.25, 0.3) is 0 Å². The summed E-state index contributed by atoms with van der Waals surface area (Å²) in [5, 5.41) is 3.05. The Labute approximate surface area is 98.6 Å². The average Bonchev–Trinajstić information content (AvgIpc) is 2.24. The van der Waals surface area contributed by atoms with Crippen LogP contribution in [-0.2, 0) is 4.79 Å². The van der Waals surface area contributed by atoms with Crippen molar-refractivity contribution >= 4 is 5.91 Å². The fourth-order valence-corrected chi connectivity index (χ4v) is 2.42. The summed E-state index contributed by atoms with van der Waals surface area (Å²) < 4.78 is 0. The first kappa shape index (κ1) is 13.5. The highest BCUT2D eigenvalue weighted by Crippen LogP contribution is 2.32. The smallest absolute Gasteiger partial charge is 0.227 e. The van der Waals surface area contributed by atoms with E-state index in [0.717, 1.165) is 38.8 Å². The third-order valence-corrected chi connectivity index (χ3v) is 3.63. The van der Waals surface area contributed by atoms with Crippen LogP contribution in [0.2, 0.25) is 0 Å². The number of hydrogen-bond acceptors (Lipinski definition) is 3. The highest BCUT2D eigenvalue weighted by Gasteiger charge is 2.38. The van der Waals surface area contributed by atoms with E-state index >= 15 is 0 Å². The maximum atomic E-state index is 12.2. The van der Waals surface area contributed by atoms with Crippen LogP contribution in [0.4, 0.5) is 0 Å². The zero-order chi connectivity index (χ0) is 12.2. The van der Waals surface area contributed by atoms with Gasteiger partial charge in [0.2, 0.25) is 5.91 Å². The Morgan fingerprint density at radius 2 is 2.25 bits per heavy atom. The van der Waals surface area contributed by atoms with Gasteiger partial charge in [0.05, 0.1) is 5.92 Å². The summed E-state index contributed by atoms with van der Waals surface area (Å²) in [7, 11) is 3.76. The molecule has 1 amide bonds. The lowest BCUT2D eigenvalue weighted by atomic mass is 9.74. The van der Waals surface area contributed by atoms with Crippen molar-refractivity contribution in [3.8, 4) is 0 Å².